The summed E-state index contributed by atoms with van der Waals surface area (Å²) in [6.45, 7) is 2.04. The number of anilines is 2. The van der Waals surface area contributed by atoms with E-state index in [0.29, 0.717) is 11.7 Å². The highest BCUT2D eigenvalue weighted by Crippen LogP contribution is 2.23. The zero-order valence-electron chi connectivity index (χ0n) is 11.5. The molecular weight excluding hydrogens is 242 g/mol. The van der Waals surface area contributed by atoms with Crippen LogP contribution >= 0.6 is 0 Å². The number of likely N-dealkylation sites (N-methyl/N-ethyl adjacent to an activating group) is 2. The molecule has 104 valence electrons. The Bertz CT molecular complexity index is 476. The number of nitrogen functional groups attached to an aromatic ring is 1. The molecule has 0 aromatic heterocycles. The van der Waals surface area contributed by atoms with E-state index in [1.54, 1.807) is 12.1 Å². The number of rotatable bonds is 4. The van der Waals surface area contributed by atoms with Crippen molar-refractivity contribution in [2.24, 2.45) is 0 Å². The molecule has 1 aliphatic heterocycles. The molecule has 2 rings (SSSR count). The lowest BCUT2D eigenvalue weighted by molar-refractivity contribution is 0.0698. The van der Waals surface area contributed by atoms with Gasteiger partial charge in [0.15, 0.2) is 0 Å². The van der Waals surface area contributed by atoms with Crippen LogP contribution < -0.4 is 10.6 Å². The first-order valence-corrected chi connectivity index (χ1v) is 6.53. The Labute approximate surface area is 113 Å². The summed E-state index contributed by atoms with van der Waals surface area (Å²) < 4.78 is 0. The highest BCUT2D eigenvalue weighted by Gasteiger charge is 2.22. The normalized spacial score (nSPS) is 19.6. The van der Waals surface area contributed by atoms with Crippen LogP contribution in [0.3, 0.4) is 0 Å². The van der Waals surface area contributed by atoms with E-state index in [0.717, 1.165) is 18.8 Å². The number of carboxylic acids is 1. The summed E-state index contributed by atoms with van der Waals surface area (Å²) in [4.78, 5) is 15.5. The number of nitrogens with zero attached hydrogens (tertiary/aromatic N) is 2. The molecule has 5 nitrogen and oxygen atoms in total. The summed E-state index contributed by atoms with van der Waals surface area (Å²) in [5.74, 6) is -0.981. The molecule has 1 atom stereocenters. The van der Waals surface area contributed by atoms with Crippen molar-refractivity contribution in [1.82, 2.24) is 4.90 Å². The molecule has 1 aromatic carbocycles. The van der Waals surface area contributed by atoms with Gasteiger partial charge in [-0.3, -0.25) is 0 Å². The minimum absolute atomic E-state index is 0.170. The second-order valence-corrected chi connectivity index (χ2v) is 5.23. The highest BCUT2D eigenvalue weighted by atomic mass is 16.4. The van der Waals surface area contributed by atoms with E-state index in [2.05, 4.69) is 16.8 Å². The monoisotopic (exact) mass is 263 g/mol. The number of hydrogen-bond acceptors (Lipinski definition) is 4. The van der Waals surface area contributed by atoms with Crippen LogP contribution in [0.25, 0.3) is 0 Å². The Morgan fingerprint density at radius 2 is 2.32 bits per heavy atom. The molecular formula is C14H21N3O2. The maximum atomic E-state index is 11.1. The van der Waals surface area contributed by atoms with Gasteiger partial charge in [-0.15, -0.1) is 0 Å². The summed E-state index contributed by atoms with van der Waals surface area (Å²) in [7, 11) is 4.13. The Balaban J connectivity index is 2.12. The van der Waals surface area contributed by atoms with E-state index in [1.165, 1.54) is 12.8 Å². The van der Waals surface area contributed by atoms with Crippen LogP contribution in [0.5, 0.6) is 0 Å². The predicted molar refractivity (Wildman–Crippen MR) is 76.7 cm³/mol. The average molecular weight is 263 g/mol. The van der Waals surface area contributed by atoms with Gasteiger partial charge in [0.1, 0.15) is 0 Å². The maximum Gasteiger partial charge on any atom is 0.337 e. The lowest BCUT2D eigenvalue weighted by atomic mass is 10.1. The Morgan fingerprint density at radius 3 is 2.89 bits per heavy atom. The molecule has 3 N–H and O–H groups in total. The first kappa shape index (κ1) is 13.7. The van der Waals surface area contributed by atoms with Gasteiger partial charge < -0.3 is 20.6 Å². The van der Waals surface area contributed by atoms with Crippen molar-refractivity contribution in [2.45, 2.75) is 18.9 Å². The molecule has 19 heavy (non-hydrogen) atoms. The Kier molecular flexibility index (Phi) is 3.95. The fraction of sp³-hybridized carbons (Fsp3) is 0.500. The van der Waals surface area contributed by atoms with Gasteiger partial charge in [-0.05, 0) is 44.6 Å². The van der Waals surface area contributed by atoms with Gasteiger partial charge >= 0.3 is 5.97 Å². The van der Waals surface area contributed by atoms with Crippen molar-refractivity contribution in [3.63, 3.8) is 0 Å². The molecule has 1 heterocycles. The van der Waals surface area contributed by atoms with Gasteiger partial charge in [0.2, 0.25) is 0 Å². The van der Waals surface area contributed by atoms with Gasteiger partial charge in [-0.25, -0.2) is 4.79 Å². The van der Waals surface area contributed by atoms with Crippen LogP contribution in [-0.2, 0) is 0 Å². The number of benzene rings is 1. The molecule has 0 aliphatic carbocycles. The fourth-order valence-electron chi connectivity index (χ4n) is 2.60. The summed E-state index contributed by atoms with van der Waals surface area (Å²) in [5.41, 5.74) is 7.04. The number of carboxylic acid groups (broad SMARTS) is 1. The van der Waals surface area contributed by atoms with Crippen molar-refractivity contribution < 1.29 is 9.90 Å². The van der Waals surface area contributed by atoms with Crippen LogP contribution in [0, 0.1) is 0 Å². The molecule has 1 saturated heterocycles. The van der Waals surface area contributed by atoms with Crippen LogP contribution in [0.2, 0.25) is 0 Å². The number of nitrogens with two attached hydrogens (primary N) is 1. The standard InChI is InChI=1S/C14H21N3O2/c1-16-7-3-4-11(16)9-17(2)10-5-6-13(15)12(8-10)14(18)19/h5-6,8,11H,3-4,7,9,15H2,1-2H3,(H,18,19). The van der Waals surface area contributed by atoms with E-state index in [1.807, 2.05) is 13.1 Å². The molecule has 0 radical (unpaired) electrons. The van der Waals surface area contributed by atoms with Gasteiger partial charge in [0, 0.05) is 31.0 Å². The summed E-state index contributed by atoms with van der Waals surface area (Å²) in [6.07, 6.45) is 2.43. The summed E-state index contributed by atoms with van der Waals surface area (Å²) >= 11 is 0. The summed E-state index contributed by atoms with van der Waals surface area (Å²) in [6, 6.07) is 5.72. The van der Waals surface area contributed by atoms with Crippen LogP contribution in [0.15, 0.2) is 18.2 Å². The second kappa shape index (κ2) is 5.48. The Hall–Kier alpha value is -1.75. The molecule has 1 unspecified atom stereocenters. The second-order valence-electron chi connectivity index (χ2n) is 5.23. The minimum Gasteiger partial charge on any atom is -0.478 e. The predicted octanol–water partition coefficient (Wildman–Crippen LogP) is 1.50. The molecule has 0 spiro atoms. The molecule has 0 bridgehead atoms. The molecule has 1 aromatic rings. The first-order chi connectivity index (χ1) is 8.99. The van der Waals surface area contributed by atoms with E-state index in [9.17, 15) is 4.79 Å². The summed E-state index contributed by atoms with van der Waals surface area (Å²) in [5, 5.41) is 9.09. The molecule has 1 fully saturated rings. The molecule has 1 aliphatic rings. The molecule has 0 amide bonds. The van der Waals surface area contributed by atoms with E-state index < -0.39 is 5.97 Å². The highest BCUT2D eigenvalue weighted by molar-refractivity contribution is 5.94. The molecule has 0 saturated carbocycles. The van der Waals surface area contributed by atoms with Crippen LogP contribution in [-0.4, -0.2) is 49.2 Å². The number of aromatic carboxylic acids is 1. The topological polar surface area (TPSA) is 69.8 Å². The van der Waals surface area contributed by atoms with E-state index in [-0.39, 0.29) is 5.56 Å². The zero-order valence-corrected chi connectivity index (χ0v) is 11.5. The third-order valence-corrected chi connectivity index (χ3v) is 3.86. The molecule has 5 heteroatoms. The van der Waals surface area contributed by atoms with Crippen molar-refractivity contribution >= 4 is 17.3 Å². The third kappa shape index (κ3) is 2.98. The van der Waals surface area contributed by atoms with Crippen LogP contribution in [0.4, 0.5) is 11.4 Å². The Morgan fingerprint density at radius 1 is 1.58 bits per heavy atom. The number of likely N-dealkylation sites (tertiary alicyclic amines) is 1. The van der Waals surface area contributed by atoms with Crippen LogP contribution in [0.1, 0.15) is 23.2 Å². The van der Waals surface area contributed by atoms with Crippen molar-refractivity contribution in [3.05, 3.63) is 23.8 Å². The lowest BCUT2D eigenvalue weighted by Crippen LogP contribution is -2.36. The average Bonchev–Trinajstić information content (AvgIpc) is 2.75. The minimum atomic E-state index is -0.981. The van der Waals surface area contributed by atoms with Gasteiger partial charge in [0.05, 0.1) is 5.56 Å². The lowest BCUT2D eigenvalue weighted by Gasteiger charge is -2.27. The SMILES string of the molecule is CN(CC1CCCN1C)c1ccc(N)c(C(=O)O)c1. The quantitative estimate of drug-likeness (QED) is 0.806. The zero-order chi connectivity index (χ0) is 14.0. The maximum absolute atomic E-state index is 11.1. The first-order valence-electron chi connectivity index (χ1n) is 6.53. The number of carbonyl (C=O) groups is 1. The van der Waals surface area contributed by atoms with Gasteiger partial charge in [0.25, 0.3) is 0 Å². The van der Waals surface area contributed by atoms with Crippen molar-refractivity contribution in [3.8, 4) is 0 Å². The van der Waals surface area contributed by atoms with Gasteiger partial charge in [-0.1, -0.05) is 0 Å². The third-order valence-electron chi connectivity index (χ3n) is 3.86. The van der Waals surface area contributed by atoms with E-state index >= 15 is 0 Å². The van der Waals surface area contributed by atoms with E-state index in [4.69, 9.17) is 10.8 Å². The van der Waals surface area contributed by atoms with Gasteiger partial charge in [-0.2, -0.15) is 0 Å². The largest absolute Gasteiger partial charge is 0.478 e. The smallest absolute Gasteiger partial charge is 0.337 e. The number of hydrogen-bond donors (Lipinski definition) is 2. The van der Waals surface area contributed by atoms with Crippen molar-refractivity contribution in [2.75, 3.05) is 37.8 Å². The van der Waals surface area contributed by atoms with Crippen molar-refractivity contribution in [1.29, 1.82) is 0 Å². The fourth-order valence-corrected chi connectivity index (χ4v) is 2.60.